The van der Waals surface area contributed by atoms with Crippen molar-refractivity contribution in [2.45, 2.75) is 0 Å². The Hall–Kier alpha value is -3.08. The zero-order valence-electron chi connectivity index (χ0n) is 12.5. The Kier molecular flexibility index (Phi) is 4.10. The molecule has 0 saturated carbocycles. The summed E-state index contributed by atoms with van der Waals surface area (Å²) in [5.41, 5.74) is 8.32. The molecular formula is C18H17N3O2. The van der Waals surface area contributed by atoms with Gasteiger partial charge in [0.15, 0.2) is 0 Å². The summed E-state index contributed by atoms with van der Waals surface area (Å²) in [4.78, 5) is 25.5. The molecule has 0 saturated heterocycles. The quantitative estimate of drug-likeness (QED) is 0.909. The van der Waals surface area contributed by atoms with Gasteiger partial charge in [-0.2, -0.15) is 0 Å². The highest BCUT2D eigenvalue weighted by Gasteiger charge is 2.15. The van der Waals surface area contributed by atoms with E-state index in [0.717, 1.165) is 11.3 Å². The third-order valence-corrected chi connectivity index (χ3v) is 3.67. The average molecular weight is 307 g/mol. The molecule has 23 heavy (non-hydrogen) atoms. The third kappa shape index (κ3) is 3.40. The van der Waals surface area contributed by atoms with Gasteiger partial charge in [0.1, 0.15) is 0 Å². The number of carbonyl (C=O) groups excluding carboxylic acids is 2. The predicted molar refractivity (Wildman–Crippen MR) is 91.3 cm³/mol. The van der Waals surface area contributed by atoms with Crippen LogP contribution in [0.2, 0.25) is 0 Å². The number of primary amides is 1. The van der Waals surface area contributed by atoms with Crippen LogP contribution < -0.4 is 16.0 Å². The van der Waals surface area contributed by atoms with Gasteiger partial charge in [-0.15, -0.1) is 0 Å². The Bertz CT molecular complexity index is 783. The maximum atomic E-state index is 12.3. The fraction of sp³-hybridized carbons (Fsp3) is 0.111. The average Bonchev–Trinajstić information content (AvgIpc) is 2.55. The van der Waals surface area contributed by atoms with E-state index in [-0.39, 0.29) is 12.5 Å². The van der Waals surface area contributed by atoms with E-state index in [4.69, 9.17) is 5.73 Å². The molecule has 3 N–H and O–H groups in total. The zero-order valence-corrected chi connectivity index (χ0v) is 12.5. The standard InChI is InChI=1S/C18H17N3O2/c19-18(23)14-6-3-8-15(11-14)20-17(22)12-21-10-4-7-13-5-1-2-9-16(13)21/h1-9,11H,10,12H2,(H2,19,23)(H,20,22). The monoisotopic (exact) mass is 307 g/mol. The van der Waals surface area contributed by atoms with Crippen molar-refractivity contribution in [3.05, 3.63) is 65.7 Å². The van der Waals surface area contributed by atoms with Crippen molar-refractivity contribution in [2.75, 3.05) is 23.3 Å². The molecule has 5 heteroatoms. The number of nitrogens with one attached hydrogen (secondary N) is 1. The Morgan fingerprint density at radius 3 is 2.78 bits per heavy atom. The lowest BCUT2D eigenvalue weighted by atomic mass is 10.1. The molecule has 2 amide bonds. The number of carbonyl (C=O) groups is 2. The summed E-state index contributed by atoms with van der Waals surface area (Å²) < 4.78 is 0. The van der Waals surface area contributed by atoms with Crippen LogP contribution in [-0.4, -0.2) is 24.9 Å². The van der Waals surface area contributed by atoms with Gasteiger partial charge < -0.3 is 16.0 Å². The minimum atomic E-state index is -0.517. The number of nitrogens with two attached hydrogens (primary N) is 1. The molecule has 0 spiro atoms. The van der Waals surface area contributed by atoms with Gasteiger partial charge in [-0.05, 0) is 29.8 Å². The Morgan fingerprint density at radius 2 is 1.96 bits per heavy atom. The molecule has 1 aliphatic heterocycles. The smallest absolute Gasteiger partial charge is 0.248 e. The minimum Gasteiger partial charge on any atom is -0.366 e. The number of rotatable bonds is 4. The van der Waals surface area contributed by atoms with Gasteiger partial charge >= 0.3 is 0 Å². The van der Waals surface area contributed by atoms with Crippen LogP contribution in [0, 0.1) is 0 Å². The van der Waals surface area contributed by atoms with Gasteiger partial charge in [-0.3, -0.25) is 9.59 Å². The second-order valence-electron chi connectivity index (χ2n) is 5.33. The molecule has 5 nitrogen and oxygen atoms in total. The molecule has 3 rings (SSSR count). The lowest BCUT2D eigenvalue weighted by Crippen LogP contribution is -2.34. The molecule has 0 unspecified atom stereocenters. The lowest BCUT2D eigenvalue weighted by molar-refractivity contribution is -0.115. The minimum absolute atomic E-state index is 0.142. The molecule has 1 aliphatic rings. The van der Waals surface area contributed by atoms with Gasteiger partial charge in [-0.25, -0.2) is 0 Å². The molecule has 0 radical (unpaired) electrons. The van der Waals surface area contributed by atoms with Crippen molar-refractivity contribution < 1.29 is 9.59 Å². The molecule has 116 valence electrons. The molecule has 0 aromatic heterocycles. The second kappa shape index (κ2) is 6.36. The SMILES string of the molecule is NC(=O)c1cccc(NC(=O)CN2CC=Cc3ccccc32)c1. The van der Waals surface area contributed by atoms with Crippen molar-refractivity contribution in [1.29, 1.82) is 0 Å². The van der Waals surface area contributed by atoms with Crippen LogP contribution in [0.5, 0.6) is 0 Å². The first-order chi connectivity index (χ1) is 11.1. The number of anilines is 2. The first-order valence-electron chi connectivity index (χ1n) is 7.34. The molecule has 2 aromatic rings. The Labute approximate surface area is 134 Å². The van der Waals surface area contributed by atoms with Crippen molar-refractivity contribution in [3.63, 3.8) is 0 Å². The Morgan fingerprint density at radius 1 is 1.13 bits per heavy atom. The summed E-state index contributed by atoms with van der Waals surface area (Å²) in [5, 5.41) is 2.80. The van der Waals surface area contributed by atoms with Gasteiger partial charge in [0, 0.05) is 23.5 Å². The summed E-state index contributed by atoms with van der Waals surface area (Å²) in [5.74, 6) is -0.659. The molecular weight excluding hydrogens is 290 g/mol. The van der Waals surface area contributed by atoms with Gasteiger partial charge in [0.25, 0.3) is 0 Å². The number of fused-ring (bicyclic) bond motifs is 1. The van der Waals surface area contributed by atoms with Gasteiger partial charge in [-0.1, -0.05) is 36.4 Å². The third-order valence-electron chi connectivity index (χ3n) is 3.67. The summed E-state index contributed by atoms with van der Waals surface area (Å²) in [6.45, 7) is 0.925. The van der Waals surface area contributed by atoms with E-state index in [1.165, 1.54) is 0 Å². The lowest BCUT2D eigenvalue weighted by Gasteiger charge is -2.27. The highest BCUT2D eigenvalue weighted by atomic mass is 16.2. The topological polar surface area (TPSA) is 75.4 Å². The number of amides is 2. The van der Waals surface area contributed by atoms with E-state index < -0.39 is 5.91 Å². The van der Waals surface area contributed by atoms with E-state index in [1.807, 2.05) is 35.2 Å². The summed E-state index contributed by atoms with van der Waals surface area (Å²) in [6, 6.07) is 14.6. The van der Waals surface area contributed by atoms with E-state index in [0.29, 0.717) is 17.8 Å². The number of hydrogen-bond acceptors (Lipinski definition) is 3. The number of benzene rings is 2. The molecule has 0 atom stereocenters. The van der Waals surface area contributed by atoms with Crippen molar-refractivity contribution in [2.24, 2.45) is 5.73 Å². The molecule has 1 heterocycles. The molecule has 0 fully saturated rings. The van der Waals surface area contributed by atoms with E-state index >= 15 is 0 Å². The van der Waals surface area contributed by atoms with Crippen LogP contribution >= 0.6 is 0 Å². The van der Waals surface area contributed by atoms with Crippen molar-refractivity contribution in [1.82, 2.24) is 0 Å². The van der Waals surface area contributed by atoms with Crippen LogP contribution in [-0.2, 0) is 4.79 Å². The summed E-state index contributed by atoms with van der Waals surface area (Å²) >= 11 is 0. The first kappa shape index (κ1) is 14.8. The number of hydrogen-bond donors (Lipinski definition) is 2. The number of para-hydroxylation sites is 1. The summed E-state index contributed by atoms with van der Waals surface area (Å²) in [7, 11) is 0. The van der Waals surface area contributed by atoms with Crippen LogP contribution in [0.4, 0.5) is 11.4 Å². The van der Waals surface area contributed by atoms with Crippen LogP contribution in [0.25, 0.3) is 6.08 Å². The molecule has 0 bridgehead atoms. The van der Waals surface area contributed by atoms with Gasteiger partial charge in [0.2, 0.25) is 11.8 Å². The van der Waals surface area contributed by atoms with Gasteiger partial charge in [0.05, 0.1) is 6.54 Å². The highest BCUT2D eigenvalue weighted by Crippen LogP contribution is 2.25. The molecule has 2 aromatic carbocycles. The summed E-state index contributed by atoms with van der Waals surface area (Å²) in [6.07, 6.45) is 4.09. The second-order valence-corrected chi connectivity index (χ2v) is 5.33. The predicted octanol–water partition coefficient (Wildman–Crippen LogP) is 2.26. The van der Waals surface area contributed by atoms with E-state index in [9.17, 15) is 9.59 Å². The van der Waals surface area contributed by atoms with Crippen molar-refractivity contribution in [3.8, 4) is 0 Å². The fourth-order valence-electron chi connectivity index (χ4n) is 2.60. The highest BCUT2D eigenvalue weighted by molar-refractivity contribution is 5.97. The largest absolute Gasteiger partial charge is 0.366 e. The van der Waals surface area contributed by atoms with E-state index in [1.54, 1.807) is 24.3 Å². The first-order valence-corrected chi connectivity index (χ1v) is 7.34. The van der Waals surface area contributed by atoms with Crippen LogP contribution in [0.1, 0.15) is 15.9 Å². The number of nitrogens with zero attached hydrogens (tertiary/aromatic N) is 1. The van der Waals surface area contributed by atoms with E-state index in [2.05, 4.69) is 11.4 Å². The Balaban J connectivity index is 1.70. The zero-order chi connectivity index (χ0) is 16.2. The normalized spacial score (nSPS) is 12.6. The van der Waals surface area contributed by atoms with Crippen molar-refractivity contribution >= 4 is 29.3 Å². The fourth-order valence-corrected chi connectivity index (χ4v) is 2.60. The maximum Gasteiger partial charge on any atom is 0.248 e. The van der Waals surface area contributed by atoms with Crippen LogP contribution in [0.3, 0.4) is 0 Å². The maximum absolute atomic E-state index is 12.3. The van der Waals surface area contributed by atoms with Crippen LogP contribution in [0.15, 0.2) is 54.6 Å². The molecule has 0 aliphatic carbocycles.